The van der Waals surface area contributed by atoms with Crippen molar-refractivity contribution in [2.45, 2.75) is 23.6 Å². The van der Waals surface area contributed by atoms with Crippen LogP contribution in [0, 0.1) is 0 Å². The number of hydrogen-bond donors (Lipinski definition) is 0. The van der Waals surface area contributed by atoms with Crippen LogP contribution in [0.2, 0.25) is 0 Å². The standard InChI is InChI=1S/C22H18F3N3O2S/c1-29-18-10-6-15(7-11-18)13-28-20(19-3-2-12-30-19)26-27-21(28)31-14-16-4-8-17(9-5-16)22(23,24)25/h2-12H,13-14H2,1H3. The van der Waals surface area contributed by atoms with Crippen LogP contribution in [0.3, 0.4) is 0 Å². The van der Waals surface area contributed by atoms with Gasteiger partial charge in [-0.2, -0.15) is 13.2 Å². The largest absolute Gasteiger partial charge is 0.497 e. The second-order valence-electron chi connectivity index (χ2n) is 6.70. The van der Waals surface area contributed by atoms with Gasteiger partial charge in [-0.25, -0.2) is 0 Å². The van der Waals surface area contributed by atoms with Crippen molar-refractivity contribution in [3.63, 3.8) is 0 Å². The van der Waals surface area contributed by atoms with Crippen LogP contribution in [0.5, 0.6) is 5.75 Å². The van der Waals surface area contributed by atoms with Gasteiger partial charge in [-0.1, -0.05) is 36.0 Å². The van der Waals surface area contributed by atoms with Gasteiger partial charge in [-0.3, -0.25) is 4.57 Å². The molecule has 5 nitrogen and oxygen atoms in total. The number of rotatable bonds is 7. The molecule has 4 aromatic rings. The average molecular weight is 445 g/mol. The summed E-state index contributed by atoms with van der Waals surface area (Å²) in [6.07, 6.45) is -2.78. The maximum Gasteiger partial charge on any atom is 0.416 e. The summed E-state index contributed by atoms with van der Waals surface area (Å²) in [6.45, 7) is 0.502. The molecule has 0 spiro atoms. The quantitative estimate of drug-likeness (QED) is 0.331. The van der Waals surface area contributed by atoms with Gasteiger partial charge in [-0.15, -0.1) is 10.2 Å². The van der Waals surface area contributed by atoms with Crippen molar-refractivity contribution in [1.29, 1.82) is 0 Å². The molecule has 4 rings (SSSR count). The van der Waals surface area contributed by atoms with Gasteiger partial charge in [0.05, 0.1) is 25.5 Å². The number of nitrogens with zero attached hydrogens (tertiary/aromatic N) is 3. The summed E-state index contributed by atoms with van der Waals surface area (Å²) in [5, 5.41) is 9.20. The van der Waals surface area contributed by atoms with E-state index in [1.54, 1.807) is 25.5 Å². The maximum atomic E-state index is 12.8. The van der Waals surface area contributed by atoms with E-state index in [9.17, 15) is 13.2 Å². The van der Waals surface area contributed by atoms with Gasteiger partial charge in [0.15, 0.2) is 10.9 Å². The summed E-state index contributed by atoms with van der Waals surface area (Å²) < 4.78 is 50.9. The fraction of sp³-hybridized carbons (Fsp3) is 0.182. The van der Waals surface area contributed by atoms with Gasteiger partial charge in [0, 0.05) is 5.75 Å². The second-order valence-corrected chi connectivity index (χ2v) is 7.64. The van der Waals surface area contributed by atoms with Gasteiger partial charge in [0.2, 0.25) is 5.82 Å². The van der Waals surface area contributed by atoms with Crippen molar-refractivity contribution >= 4 is 11.8 Å². The van der Waals surface area contributed by atoms with Crippen LogP contribution in [-0.4, -0.2) is 21.9 Å². The van der Waals surface area contributed by atoms with Gasteiger partial charge < -0.3 is 9.15 Å². The normalized spacial score (nSPS) is 11.6. The maximum absolute atomic E-state index is 12.8. The summed E-state index contributed by atoms with van der Waals surface area (Å²) >= 11 is 1.40. The molecule has 2 aromatic heterocycles. The minimum absolute atomic E-state index is 0.455. The Kier molecular flexibility index (Phi) is 6.03. The number of hydrogen-bond acceptors (Lipinski definition) is 5. The van der Waals surface area contributed by atoms with E-state index in [1.807, 2.05) is 28.8 Å². The Labute approximate surface area is 180 Å². The van der Waals surface area contributed by atoms with E-state index < -0.39 is 11.7 Å². The molecule has 0 bridgehead atoms. The van der Waals surface area contributed by atoms with Gasteiger partial charge >= 0.3 is 6.18 Å². The molecule has 31 heavy (non-hydrogen) atoms. The highest BCUT2D eigenvalue weighted by atomic mass is 32.2. The number of aromatic nitrogens is 3. The Morgan fingerprint density at radius 2 is 1.68 bits per heavy atom. The second kappa shape index (κ2) is 8.89. The number of benzene rings is 2. The van der Waals surface area contributed by atoms with Gasteiger partial charge in [0.1, 0.15) is 5.75 Å². The monoisotopic (exact) mass is 445 g/mol. The molecule has 0 fully saturated rings. The predicted molar refractivity (Wildman–Crippen MR) is 111 cm³/mol. The van der Waals surface area contributed by atoms with E-state index in [0.717, 1.165) is 29.0 Å². The molecular weight excluding hydrogens is 427 g/mol. The number of halogens is 3. The number of furan rings is 1. The summed E-state index contributed by atoms with van der Waals surface area (Å²) in [5.41, 5.74) is 1.12. The molecule has 160 valence electrons. The Hall–Kier alpha value is -3.20. The first-order valence-corrected chi connectivity index (χ1v) is 10.3. The van der Waals surface area contributed by atoms with Crippen molar-refractivity contribution in [1.82, 2.24) is 14.8 Å². The number of thioether (sulfide) groups is 1. The van der Waals surface area contributed by atoms with Crippen LogP contribution in [0.4, 0.5) is 13.2 Å². The summed E-state index contributed by atoms with van der Waals surface area (Å²) in [7, 11) is 1.61. The summed E-state index contributed by atoms with van der Waals surface area (Å²) in [5.74, 6) is 2.38. The molecule has 0 radical (unpaired) electrons. The van der Waals surface area contributed by atoms with Crippen LogP contribution < -0.4 is 4.74 Å². The van der Waals surface area contributed by atoms with Crippen LogP contribution in [0.15, 0.2) is 76.5 Å². The Bertz CT molecular complexity index is 1120. The zero-order chi connectivity index (χ0) is 21.8. The van der Waals surface area contributed by atoms with Crippen LogP contribution >= 0.6 is 11.8 Å². The SMILES string of the molecule is COc1ccc(Cn2c(SCc3ccc(C(F)(F)F)cc3)nnc2-c2ccco2)cc1. The number of alkyl halides is 3. The van der Waals surface area contributed by atoms with Crippen molar-refractivity contribution in [2.75, 3.05) is 7.11 Å². The van der Waals surface area contributed by atoms with E-state index in [-0.39, 0.29) is 0 Å². The molecule has 0 atom stereocenters. The van der Waals surface area contributed by atoms with Crippen molar-refractivity contribution in [2.24, 2.45) is 0 Å². The minimum atomic E-state index is -4.35. The molecule has 2 heterocycles. The molecule has 0 saturated carbocycles. The lowest BCUT2D eigenvalue weighted by Gasteiger charge is -2.10. The molecular formula is C22H18F3N3O2S. The molecule has 0 aliphatic rings. The van der Waals surface area contributed by atoms with E-state index in [0.29, 0.717) is 29.0 Å². The first-order chi connectivity index (χ1) is 14.9. The first kappa shape index (κ1) is 21.0. The van der Waals surface area contributed by atoms with Crippen molar-refractivity contribution in [3.05, 3.63) is 83.6 Å². The first-order valence-electron chi connectivity index (χ1n) is 9.33. The molecule has 0 saturated heterocycles. The van der Waals surface area contributed by atoms with Crippen LogP contribution in [-0.2, 0) is 18.5 Å². The van der Waals surface area contributed by atoms with Gasteiger partial charge in [-0.05, 0) is 47.5 Å². The lowest BCUT2D eigenvalue weighted by atomic mass is 10.1. The smallest absolute Gasteiger partial charge is 0.416 e. The van der Waals surface area contributed by atoms with Gasteiger partial charge in [0.25, 0.3) is 0 Å². The molecule has 2 aromatic carbocycles. The Balaban J connectivity index is 1.57. The molecule has 0 aliphatic heterocycles. The Morgan fingerprint density at radius 3 is 2.29 bits per heavy atom. The molecule has 0 N–H and O–H groups in total. The van der Waals surface area contributed by atoms with Crippen molar-refractivity contribution < 1.29 is 22.3 Å². The van der Waals surface area contributed by atoms with E-state index in [1.165, 1.54) is 23.9 Å². The fourth-order valence-corrected chi connectivity index (χ4v) is 3.87. The molecule has 0 unspecified atom stereocenters. The van der Waals surface area contributed by atoms with E-state index >= 15 is 0 Å². The summed E-state index contributed by atoms with van der Waals surface area (Å²) in [6, 6.07) is 16.4. The highest BCUT2D eigenvalue weighted by Gasteiger charge is 2.30. The highest BCUT2D eigenvalue weighted by Crippen LogP contribution is 2.31. The molecule has 0 aliphatic carbocycles. The third-order valence-corrected chi connectivity index (χ3v) is 5.65. The zero-order valence-electron chi connectivity index (χ0n) is 16.5. The number of methoxy groups -OCH3 is 1. The van der Waals surface area contributed by atoms with E-state index in [4.69, 9.17) is 9.15 Å². The van der Waals surface area contributed by atoms with Crippen LogP contribution in [0.25, 0.3) is 11.6 Å². The lowest BCUT2D eigenvalue weighted by Crippen LogP contribution is -2.05. The van der Waals surface area contributed by atoms with Crippen LogP contribution in [0.1, 0.15) is 16.7 Å². The van der Waals surface area contributed by atoms with E-state index in [2.05, 4.69) is 10.2 Å². The topological polar surface area (TPSA) is 53.1 Å². The average Bonchev–Trinajstić information content (AvgIpc) is 3.42. The Morgan fingerprint density at radius 1 is 0.968 bits per heavy atom. The third-order valence-electron chi connectivity index (χ3n) is 4.61. The number of ether oxygens (including phenoxy) is 1. The third kappa shape index (κ3) is 4.93. The predicted octanol–water partition coefficient (Wildman–Crippen LogP) is 5.91. The zero-order valence-corrected chi connectivity index (χ0v) is 17.3. The lowest BCUT2D eigenvalue weighted by molar-refractivity contribution is -0.137. The summed E-state index contributed by atoms with van der Waals surface area (Å²) in [4.78, 5) is 0. The minimum Gasteiger partial charge on any atom is -0.497 e. The fourth-order valence-electron chi connectivity index (χ4n) is 2.98. The highest BCUT2D eigenvalue weighted by molar-refractivity contribution is 7.98. The van der Waals surface area contributed by atoms with Crippen molar-refractivity contribution in [3.8, 4) is 17.3 Å². The molecule has 0 amide bonds. The molecule has 9 heteroatoms.